The van der Waals surface area contributed by atoms with Crippen molar-refractivity contribution in [3.05, 3.63) is 139 Å². The normalized spacial score (nSPS) is 12.1. The molecule has 0 aromatic heterocycles. The van der Waals surface area contributed by atoms with E-state index < -0.39 is 47.3 Å². The van der Waals surface area contributed by atoms with Gasteiger partial charge >= 0.3 is 0 Å². The van der Waals surface area contributed by atoms with Crippen molar-refractivity contribution in [1.82, 2.24) is 0 Å². The molecule has 0 aliphatic carbocycles. The quantitative estimate of drug-likeness (QED) is 0.0382. The number of ketones is 2. The van der Waals surface area contributed by atoms with E-state index in [4.69, 9.17) is 69.6 Å². The summed E-state index contributed by atoms with van der Waals surface area (Å²) in [5.74, 6) is -3.34. The van der Waals surface area contributed by atoms with Gasteiger partial charge in [0.1, 0.15) is 0 Å². The van der Waals surface area contributed by atoms with E-state index in [2.05, 4.69) is 41.7 Å². The van der Waals surface area contributed by atoms with Crippen LogP contribution in [-0.4, -0.2) is 59.0 Å². The van der Waals surface area contributed by atoms with Crippen LogP contribution in [-0.2, 0) is 32.0 Å². The number of anilines is 4. The van der Waals surface area contributed by atoms with Crippen LogP contribution in [0, 0.1) is 0 Å². The maximum absolute atomic E-state index is 13.3. The molecule has 2 unspecified atom stereocenters. The maximum Gasteiger partial charge on any atom is 0.258 e. The Kier molecular flexibility index (Phi) is 17.9. The molecule has 0 saturated carbocycles. The Morgan fingerprint density at radius 2 is 0.859 bits per heavy atom. The van der Waals surface area contributed by atoms with E-state index in [1.807, 2.05) is 24.3 Å². The number of rotatable bonds is 18. The van der Waals surface area contributed by atoms with Gasteiger partial charge in [0.25, 0.3) is 23.6 Å². The molecule has 0 saturated heterocycles. The van der Waals surface area contributed by atoms with Crippen LogP contribution >= 0.6 is 69.6 Å². The highest BCUT2D eigenvalue weighted by Gasteiger charge is 2.27. The highest BCUT2D eigenvalue weighted by atomic mass is 35.5. The predicted octanol–water partition coefficient (Wildman–Crippen LogP) is 11.7. The third kappa shape index (κ3) is 13.4. The summed E-state index contributed by atoms with van der Waals surface area (Å²) in [4.78, 5) is 77.8. The van der Waals surface area contributed by atoms with Crippen LogP contribution in [0.25, 0.3) is 0 Å². The fourth-order valence-electron chi connectivity index (χ4n) is 5.65. The molecule has 0 spiro atoms. The second-order valence-electron chi connectivity index (χ2n) is 13.7. The number of aryl methyl sites for hydroxylation is 2. The van der Waals surface area contributed by atoms with E-state index in [0.717, 1.165) is 25.0 Å². The molecule has 330 valence electrons. The Bertz CT molecular complexity index is 2470. The van der Waals surface area contributed by atoms with E-state index in [1.54, 1.807) is 24.3 Å². The SMILES string of the molecule is CC(=O)C(N=Nc1ccc(Cl)c(C(=O)Nc2ccc(CCCl)cc2)c1)C(=O)Nc1ccc(NC(=O)C(N=Nc2ccc(Cl)c(C(=O)Nc3ccc(CCCl)cc3)c2)C(C)=O)c(Cl)c1Cl. The molecule has 0 bridgehead atoms. The first-order valence-corrected chi connectivity index (χ1v) is 21.6. The van der Waals surface area contributed by atoms with Crippen molar-refractivity contribution in [2.75, 3.05) is 33.0 Å². The van der Waals surface area contributed by atoms with E-state index in [0.29, 0.717) is 36.0 Å². The van der Waals surface area contributed by atoms with Gasteiger partial charge in [0.2, 0.25) is 12.1 Å². The first-order chi connectivity index (χ1) is 30.6. The summed E-state index contributed by atoms with van der Waals surface area (Å²) in [6, 6.07) is 22.0. The number of nitrogens with one attached hydrogen (secondary N) is 4. The van der Waals surface area contributed by atoms with Crippen LogP contribution in [0.1, 0.15) is 45.7 Å². The van der Waals surface area contributed by atoms with Crippen LogP contribution in [0.2, 0.25) is 20.1 Å². The van der Waals surface area contributed by atoms with Crippen molar-refractivity contribution in [2.45, 2.75) is 38.8 Å². The smallest absolute Gasteiger partial charge is 0.258 e. The number of azo groups is 2. The van der Waals surface area contributed by atoms with Gasteiger partial charge in [-0.1, -0.05) is 70.7 Å². The molecule has 0 aliphatic rings. The van der Waals surface area contributed by atoms with Crippen LogP contribution in [0.5, 0.6) is 0 Å². The van der Waals surface area contributed by atoms with Crippen LogP contribution in [0.4, 0.5) is 34.1 Å². The Morgan fingerprint density at radius 3 is 1.19 bits per heavy atom. The number of nitrogens with zero attached hydrogens (tertiary/aromatic N) is 4. The van der Waals surface area contributed by atoms with Crippen LogP contribution in [0.3, 0.4) is 0 Å². The third-order valence-electron chi connectivity index (χ3n) is 9.02. The van der Waals surface area contributed by atoms with E-state index in [1.165, 1.54) is 48.5 Å². The minimum atomic E-state index is -1.65. The molecule has 2 atom stereocenters. The average Bonchev–Trinajstić information content (AvgIpc) is 3.26. The molecule has 4 amide bonds. The van der Waals surface area contributed by atoms with Crippen molar-refractivity contribution >= 4 is 139 Å². The number of hydrogen-bond donors (Lipinski definition) is 4. The first-order valence-electron chi connectivity index (χ1n) is 19.0. The minimum Gasteiger partial charge on any atom is -0.322 e. The van der Waals surface area contributed by atoms with Gasteiger partial charge in [0.05, 0.1) is 54.0 Å². The van der Waals surface area contributed by atoms with Gasteiger partial charge in [-0.25, -0.2) is 0 Å². The highest BCUT2D eigenvalue weighted by Crippen LogP contribution is 2.37. The molecule has 0 aliphatic heterocycles. The van der Waals surface area contributed by atoms with Crippen molar-refractivity contribution in [2.24, 2.45) is 20.5 Å². The number of Topliss-reactive ketones (excluding diaryl/α,β-unsaturated/α-hetero) is 2. The molecular formula is C44H36Cl6N8O6. The molecule has 0 heterocycles. The number of amides is 4. The van der Waals surface area contributed by atoms with Crippen molar-refractivity contribution in [1.29, 1.82) is 0 Å². The Balaban J connectivity index is 1.24. The maximum atomic E-state index is 13.3. The number of carbonyl (C=O) groups excluding carboxylic acids is 6. The summed E-state index contributed by atoms with van der Waals surface area (Å²) in [6.45, 7) is 2.26. The topological polar surface area (TPSA) is 200 Å². The number of hydrogen-bond acceptors (Lipinski definition) is 10. The predicted molar refractivity (Wildman–Crippen MR) is 252 cm³/mol. The van der Waals surface area contributed by atoms with Gasteiger partial charge in [-0.05, 0) is 111 Å². The van der Waals surface area contributed by atoms with E-state index in [9.17, 15) is 28.8 Å². The average molecular weight is 986 g/mol. The molecule has 64 heavy (non-hydrogen) atoms. The first kappa shape index (κ1) is 49.3. The molecule has 14 nitrogen and oxygen atoms in total. The van der Waals surface area contributed by atoms with Crippen molar-refractivity contribution in [3.63, 3.8) is 0 Å². The summed E-state index contributed by atoms with van der Waals surface area (Å²) in [7, 11) is 0. The number of halogens is 6. The fraction of sp³-hybridized carbons (Fsp3) is 0.182. The van der Waals surface area contributed by atoms with Crippen LogP contribution in [0.15, 0.2) is 118 Å². The Hall–Kier alpha value is -5.74. The molecular weight excluding hydrogens is 949 g/mol. The van der Waals surface area contributed by atoms with Gasteiger partial charge in [-0.3, -0.25) is 28.8 Å². The van der Waals surface area contributed by atoms with Gasteiger partial charge in [0.15, 0.2) is 11.6 Å². The van der Waals surface area contributed by atoms with Gasteiger partial charge in [0, 0.05) is 23.1 Å². The molecule has 0 radical (unpaired) electrons. The lowest BCUT2D eigenvalue weighted by atomic mass is 10.1. The fourth-order valence-corrected chi connectivity index (χ4v) is 6.92. The molecule has 5 aromatic rings. The molecule has 0 fully saturated rings. The van der Waals surface area contributed by atoms with Gasteiger partial charge in [-0.15, -0.1) is 23.2 Å². The zero-order valence-electron chi connectivity index (χ0n) is 33.7. The van der Waals surface area contributed by atoms with E-state index >= 15 is 0 Å². The summed E-state index contributed by atoms with van der Waals surface area (Å²) in [5, 5.41) is 26.1. The standard InChI is InChI=1S/C44H36Cl6N8O6/c1-23(59)39(57-55-29-11-13-33(47)31(21-29)41(61)51-27-7-3-25(4-8-27)17-19-45)43(63)53-35-15-16-36(38(50)37(35)49)54-44(64)40(24(2)60)58-56-30-12-14-34(48)32(22-30)42(62)52-28-9-5-26(6-10-28)18-20-46/h3-16,21-22,39-40H,17-20H2,1-2H3,(H,51,61)(H,52,62)(H,53,63)(H,54,64). The molecule has 5 rings (SSSR count). The van der Waals surface area contributed by atoms with Gasteiger partial charge < -0.3 is 21.3 Å². The Labute approximate surface area is 397 Å². The van der Waals surface area contributed by atoms with Crippen molar-refractivity contribution in [3.8, 4) is 0 Å². The minimum absolute atomic E-state index is 0.0500. The number of benzene rings is 5. The largest absolute Gasteiger partial charge is 0.322 e. The van der Waals surface area contributed by atoms with Crippen LogP contribution < -0.4 is 21.3 Å². The lowest BCUT2D eigenvalue weighted by Gasteiger charge is -2.15. The number of carbonyl (C=O) groups is 6. The third-order valence-corrected chi connectivity index (χ3v) is 10.9. The summed E-state index contributed by atoms with van der Waals surface area (Å²) >= 11 is 37.2. The van der Waals surface area contributed by atoms with Crippen molar-refractivity contribution < 1.29 is 28.8 Å². The molecule has 20 heteroatoms. The monoisotopic (exact) mass is 982 g/mol. The zero-order chi connectivity index (χ0) is 46.5. The lowest BCUT2D eigenvalue weighted by molar-refractivity contribution is -0.127. The summed E-state index contributed by atoms with van der Waals surface area (Å²) in [6.07, 6.45) is 1.35. The molecule has 4 N–H and O–H groups in total. The zero-order valence-corrected chi connectivity index (χ0v) is 38.3. The summed E-state index contributed by atoms with van der Waals surface area (Å²) < 4.78 is 0. The summed E-state index contributed by atoms with van der Waals surface area (Å²) in [5.41, 5.74) is 3.32. The van der Waals surface area contributed by atoms with Gasteiger partial charge in [-0.2, -0.15) is 20.5 Å². The second kappa shape index (κ2) is 23.3. The number of alkyl halides is 2. The highest BCUT2D eigenvalue weighted by molar-refractivity contribution is 6.46. The lowest BCUT2D eigenvalue weighted by Crippen LogP contribution is -2.32. The second-order valence-corrected chi connectivity index (χ2v) is 16.1. The molecule has 5 aromatic carbocycles. The van der Waals surface area contributed by atoms with E-state index in [-0.39, 0.29) is 54.0 Å². The Morgan fingerprint density at radius 1 is 0.500 bits per heavy atom.